The fraction of sp³-hybridized carbons (Fsp3) is 0.308. The molecule has 0 fully saturated rings. The fourth-order valence-electron chi connectivity index (χ4n) is 1.79. The third-order valence-electron chi connectivity index (χ3n) is 2.63. The fourth-order valence-corrected chi connectivity index (χ4v) is 1.79. The van der Waals surface area contributed by atoms with E-state index in [0.29, 0.717) is 0 Å². The predicted octanol–water partition coefficient (Wildman–Crippen LogP) is 3.60. The van der Waals surface area contributed by atoms with E-state index in [2.05, 4.69) is 5.10 Å². The van der Waals surface area contributed by atoms with Gasteiger partial charge >= 0.3 is 0 Å². The van der Waals surface area contributed by atoms with Gasteiger partial charge in [0.1, 0.15) is 0 Å². The molecule has 2 aromatic rings. The summed E-state index contributed by atoms with van der Waals surface area (Å²) in [4.78, 5) is 0. The van der Waals surface area contributed by atoms with E-state index in [9.17, 15) is 8.78 Å². The number of rotatable bonds is 2. The maximum Gasteiger partial charge on any atom is 0.270 e. The van der Waals surface area contributed by atoms with Crippen LogP contribution in [0.25, 0.3) is 5.69 Å². The van der Waals surface area contributed by atoms with Gasteiger partial charge in [-0.1, -0.05) is 12.1 Å². The van der Waals surface area contributed by atoms with Gasteiger partial charge in [0.25, 0.3) is 5.92 Å². The van der Waals surface area contributed by atoms with Gasteiger partial charge in [0.05, 0.1) is 11.4 Å². The van der Waals surface area contributed by atoms with Crippen molar-refractivity contribution in [1.29, 1.82) is 0 Å². The third kappa shape index (κ3) is 2.35. The first kappa shape index (κ1) is 11.8. The minimum absolute atomic E-state index is 0.0165. The predicted molar refractivity (Wildman–Crippen MR) is 62.6 cm³/mol. The largest absolute Gasteiger partial charge is 0.270 e. The first-order valence-electron chi connectivity index (χ1n) is 5.40. The van der Waals surface area contributed by atoms with Crippen LogP contribution in [0.3, 0.4) is 0 Å². The molecule has 0 bridgehead atoms. The normalized spacial score (nSPS) is 11.8. The molecule has 2 rings (SSSR count). The Kier molecular flexibility index (Phi) is 2.73. The maximum absolute atomic E-state index is 13.0. The molecule has 0 saturated carbocycles. The van der Waals surface area contributed by atoms with Crippen molar-refractivity contribution in [3.8, 4) is 5.69 Å². The zero-order chi connectivity index (χ0) is 12.6. The maximum atomic E-state index is 13.0. The van der Waals surface area contributed by atoms with Crippen molar-refractivity contribution in [2.75, 3.05) is 0 Å². The average molecular weight is 236 g/mol. The van der Waals surface area contributed by atoms with E-state index in [0.717, 1.165) is 24.0 Å². The Morgan fingerprint density at radius 3 is 2.12 bits per heavy atom. The lowest BCUT2D eigenvalue weighted by atomic mass is 10.1. The molecule has 2 nitrogen and oxygen atoms in total. The molecule has 90 valence electrons. The van der Waals surface area contributed by atoms with Crippen LogP contribution in [0.2, 0.25) is 0 Å². The SMILES string of the molecule is Cc1cc(C)n(-c2ccc(C(C)(F)F)cc2)n1. The van der Waals surface area contributed by atoms with Gasteiger partial charge in [-0.2, -0.15) is 5.10 Å². The summed E-state index contributed by atoms with van der Waals surface area (Å²) in [5.74, 6) is -2.80. The molecule has 0 aliphatic carbocycles. The number of aryl methyl sites for hydroxylation is 2. The molecule has 1 aromatic carbocycles. The molecular formula is C13H14F2N2. The molecule has 0 unspecified atom stereocenters. The van der Waals surface area contributed by atoms with Crippen LogP contribution in [0, 0.1) is 13.8 Å². The first-order valence-corrected chi connectivity index (χ1v) is 5.40. The van der Waals surface area contributed by atoms with Crippen LogP contribution < -0.4 is 0 Å². The molecule has 0 saturated heterocycles. The van der Waals surface area contributed by atoms with E-state index >= 15 is 0 Å². The summed E-state index contributed by atoms with van der Waals surface area (Å²) in [5.41, 5.74) is 2.71. The lowest BCUT2D eigenvalue weighted by Crippen LogP contribution is -2.07. The van der Waals surface area contributed by atoms with Crippen LogP contribution in [0.4, 0.5) is 8.78 Å². The Morgan fingerprint density at radius 2 is 1.71 bits per heavy atom. The standard InChI is InChI=1S/C13H14F2N2/c1-9-8-10(2)17(16-9)12-6-4-11(5-7-12)13(3,14)15/h4-8H,1-3H3. The van der Waals surface area contributed by atoms with Crippen molar-refractivity contribution in [2.45, 2.75) is 26.7 Å². The van der Waals surface area contributed by atoms with Crippen LogP contribution in [0.1, 0.15) is 23.9 Å². The van der Waals surface area contributed by atoms with E-state index < -0.39 is 5.92 Å². The molecule has 0 aliphatic heterocycles. The van der Waals surface area contributed by atoms with Crippen molar-refractivity contribution in [3.63, 3.8) is 0 Å². The van der Waals surface area contributed by atoms with E-state index in [1.165, 1.54) is 12.1 Å². The van der Waals surface area contributed by atoms with E-state index in [1.54, 1.807) is 16.8 Å². The summed E-state index contributed by atoms with van der Waals surface area (Å²) >= 11 is 0. The Morgan fingerprint density at radius 1 is 1.12 bits per heavy atom. The highest BCUT2D eigenvalue weighted by Crippen LogP contribution is 2.27. The summed E-state index contributed by atoms with van der Waals surface area (Å²) in [5, 5.41) is 4.30. The Hall–Kier alpha value is -1.71. The minimum atomic E-state index is -2.80. The van der Waals surface area contributed by atoms with Crippen LogP contribution >= 0.6 is 0 Å². The summed E-state index contributed by atoms with van der Waals surface area (Å²) in [6, 6.07) is 8.14. The van der Waals surface area contributed by atoms with E-state index in [4.69, 9.17) is 0 Å². The quantitative estimate of drug-likeness (QED) is 0.779. The third-order valence-corrected chi connectivity index (χ3v) is 2.63. The summed E-state index contributed by atoms with van der Waals surface area (Å²) in [6.07, 6.45) is 0. The van der Waals surface area contributed by atoms with Gasteiger partial charge in [0.2, 0.25) is 0 Å². The molecule has 1 aromatic heterocycles. The van der Waals surface area contributed by atoms with Gasteiger partial charge in [-0.3, -0.25) is 0 Å². The highest BCUT2D eigenvalue weighted by atomic mass is 19.3. The monoisotopic (exact) mass is 236 g/mol. The number of halogens is 2. The molecule has 1 heterocycles. The zero-order valence-electron chi connectivity index (χ0n) is 10.0. The number of benzene rings is 1. The molecular weight excluding hydrogens is 222 g/mol. The molecule has 0 aliphatic rings. The Bertz CT molecular complexity index is 521. The van der Waals surface area contributed by atoms with Crippen LogP contribution in [0.5, 0.6) is 0 Å². The van der Waals surface area contributed by atoms with Crippen molar-refractivity contribution in [1.82, 2.24) is 9.78 Å². The highest BCUT2D eigenvalue weighted by molar-refractivity contribution is 5.37. The molecule has 0 N–H and O–H groups in total. The van der Waals surface area contributed by atoms with Crippen LogP contribution in [-0.4, -0.2) is 9.78 Å². The summed E-state index contributed by atoms with van der Waals surface area (Å²) in [7, 11) is 0. The Labute approximate surface area is 98.9 Å². The molecule has 17 heavy (non-hydrogen) atoms. The first-order chi connectivity index (χ1) is 7.88. The summed E-state index contributed by atoms with van der Waals surface area (Å²) in [6.45, 7) is 4.73. The highest BCUT2D eigenvalue weighted by Gasteiger charge is 2.23. The van der Waals surface area contributed by atoms with Gasteiger partial charge in [-0.15, -0.1) is 0 Å². The van der Waals surface area contributed by atoms with Gasteiger partial charge in [-0.25, -0.2) is 13.5 Å². The molecule has 0 radical (unpaired) electrons. The Balaban J connectivity index is 2.39. The molecule has 4 heteroatoms. The second-order valence-electron chi connectivity index (χ2n) is 4.27. The van der Waals surface area contributed by atoms with E-state index in [-0.39, 0.29) is 5.56 Å². The van der Waals surface area contributed by atoms with Crippen molar-refractivity contribution in [3.05, 3.63) is 47.3 Å². The van der Waals surface area contributed by atoms with Crippen molar-refractivity contribution >= 4 is 0 Å². The number of aromatic nitrogens is 2. The smallest absolute Gasteiger partial charge is 0.238 e. The second kappa shape index (κ2) is 3.95. The summed E-state index contributed by atoms with van der Waals surface area (Å²) < 4.78 is 27.8. The molecule has 0 amide bonds. The molecule has 0 spiro atoms. The lowest BCUT2D eigenvalue weighted by Gasteiger charge is -2.11. The van der Waals surface area contributed by atoms with Gasteiger partial charge < -0.3 is 0 Å². The number of nitrogens with zero attached hydrogens (tertiary/aromatic N) is 2. The van der Waals surface area contributed by atoms with Gasteiger partial charge in [0.15, 0.2) is 0 Å². The van der Waals surface area contributed by atoms with Gasteiger partial charge in [0, 0.05) is 18.2 Å². The number of hydrogen-bond acceptors (Lipinski definition) is 1. The minimum Gasteiger partial charge on any atom is -0.238 e. The lowest BCUT2D eigenvalue weighted by molar-refractivity contribution is 0.0175. The van der Waals surface area contributed by atoms with Crippen LogP contribution in [-0.2, 0) is 5.92 Å². The second-order valence-corrected chi connectivity index (χ2v) is 4.27. The topological polar surface area (TPSA) is 17.8 Å². The van der Waals surface area contributed by atoms with E-state index in [1.807, 2.05) is 19.9 Å². The van der Waals surface area contributed by atoms with Crippen molar-refractivity contribution in [2.24, 2.45) is 0 Å². The van der Waals surface area contributed by atoms with Gasteiger partial charge in [-0.05, 0) is 32.0 Å². The average Bonchev–Trinajstić information content (AvgIpc) is 2.57. The van der Waals surface area contributed by atoms with Crippen molar-refractivity contribution < 1.29 is 8.78 Å². The number of hydrogen-bond donors (Lipinski definition) is 0. The van der Waals surface area contributed by atoms with Crippen LogP contribution in [0.15, 0.2) is 30.3 Å². The zero-order valence-corrected chi connectivity index (χ0v) is 10.0. The molecule has 0 atom stereocenters. The number of alkyl halides is 2.